The van der Waals surface area contributed by atoms with E-state index in [1.54, 1.807) is 12.3 Å². The van der Waals surface area contributed by atoms with Crippen LogP contribution in [0.3, 0.4) is 0 Å². The minimum Gasteiger partial charge on any atom is -0.364 e. The third kappa shape index (κ3) is 1.13. The van der Waals surface area contributed by atoms with Gasteiger partial charge < -0.3 is 10.7 Å². The van der Waals surface area contributed by atoms with Gasteiger partial charge in [0.15, 0.2) is 0 Å². The van der Waals surface area contributed by atoms with Gasteiger partial charge in [-0.3, -0.25) is 4.79 Å². The summed E-state index contributed by atoms with van der Waals surface area (Å²) in [7, 11) is 0. The molecule has 0 saturated heterocycles. The minimum absolute atomic E-state index is 0.412. The molecule has 1 amide bonds. The van der Waals surface area contributed by atoms with E-state index in [9.17, 15) is 4.79 Å². The van der Waals surface area contributed by atoms with Gasteiger partial charge in [0.25, 0.3) is 5.91 Å². The maximum atomic E-state index is 10.4. The smallest absolute Gasteiger partial charge is 0.266 e. The number of carbonyl (C=O) groups is 1. The van der Waals surface area contributed by atoms with Crippen molar-refractivity contribution < 1.29 is 4.79 Å². The fraction of sp³-hybridized carbons (Fsp3) is 0. The van der Waals surface area contributed by atoms with Crippen molar-refractivity contribution in [2.45, 2.75) is 0 Å². The van der Waals surface area contributed by atoms with E-state index in [-0.39, 0.29) is 0 Å². The van der Waals surface area contributed by atoms with Crippen LogP contribution in [0.1, 0.15) is 10.5 Å². The number of nitrogens with two attached hydrogens (primary N) is 1. The summed E-state index contributed by atoms with van der Waals surface area (Å²) in [4.78, 5) is 13.1. The summed E-state index contributed by atoms with van der Waals surface area (Å²) >= 11 is 3.13. The monoisotopic (exact) mass is 188 g/mol. The van der Waals surface area contributed by atoms with E-state index < -0.39 is 5.91 Å². The highest BCUT2D eigenvalue weighted by Crippen LogP contribution is 2.12. The molecule has 1 aromatic rings. The number of amides is 1. The molecule has 0 atom stereocenters. The molecule has 0 aliphatic carbocycles. The summed E-state index contributed by atoms with van der Waals surface area (Å²) in [5, 5.41) is 0. The van der Waals surface area contributed by atoms with Crippen LogP contribution in [-0.2, 0) is 0 Å². The Balaban J connectivity index is 3.08. The third-order valence-electron chi connectivity index (χ3n) is 0.943. The van der Waals surface area contributed by atoms with Crippen LogP contribution in [0.2, 0.25) is 0 Å². The van der Waals surface area contributed by atoms with E-state index in [4.69, 9.17) is 5.73 Å². The summed E-state index contributed by atoms with van der Waals surface area (Å²) < 4.78 is 0.704. The first-order valence-corrected chi connectivity index (χ1v) is 3.14. The number of hydrogen-bond acceptors (Lipinski definition) is 1. The van der Waals surface area contributed by atoms with E-state index in [1.165, 1.54) is 0 Å². The number of rotatable bonds is 1. The molecule has 1 rings (SSSR count). The molecule has 0 aliphatic rings. The van der Waals surface area contributed by atoms with Gasteiger partial charge in [-0.15, -0.1) is 0 Å². The van der Waals surface area contributed by atoms with E-state index in [1.807, 2.05) is 0 Å². The van der Waals surface area contributed by atoms with Crippen LogP contribution in [0.15, 0.2) is 16.7 Å². The first kappa shape index (κ1) is 6.35. The van der Waals surface area contributed by atoms with E-state index in [2.05, 4.69) is 20.9 Å². The van der Waals surface area contributed by atoms with Gasteiger partial charge in [-0.1, -0.05) is 0 Å². The number of halogens is 1. The topological polar surface area (TPSA) is 58.9 Å². The van der Waals surface area contributed by atoms with Crippen molar-refractivity contribution in [3.05, 3.63) is 22.4 Å². The van der Waals surface area contributed by atoms with E-state index >= 15 is 0 Å². The standard InChI is InChI=1S/C5H5BrN2O/c6-3-1-2-8-4(3)5(7)9/h1-2,8H,(H2,7,9). The van der Waals surface area contributed by atoms with Crippen molar-refractivity contribution in [3.63, 3.8) is 0 Å². The number of carbonyl (C=O) groups excluding carboxylic acids is 1. The van der Waals surface area contributed by atoms with Gasteiger partial charge in [-0.2, -0.15) is 0 Å². The van der Waals surface area contributed by atoms with Crippen LogP contribution in [0.25, 0.3) is 0 Å². The molecule has 3 nitrogen and oxygen atoms in total. The number of aromatic amines is 1. The molecule has 4 heteroatoms. The molecular weight excluding hydrogens is 184 g/mol. The van der Waals surface area contributed by atoms with E-state index in [0.717, 1.165) is 0 Å². The van der Waals surface area contributed by atoms with Crippen LogP contribution in [0.4, 0.5) is 0 Å². The lowest BCUT2D eigenvalue weighted by Gasteiger charge is -1.87. The molecule has 0 bridgehead atoms. The van der Waals surface area contributed by atoms with Crippen molar-refractivity contribution in [2.24, 2.45) is 5.73 Å². The van der Waals surface area contributed by atoms with E-state index in [0.29, 0.717) is 10.2 Å². The van der Waals surface area contributed by atoms with Gasteiger partial charge >= 0.3 is 0 Å². The maximum absolute atomic E-state index is 10.4. The Kier molecular flexibility index (Phi) is 1.57. The Hall–Kier alpha value is -0.770. The lowest BCUT2D eigenvalue weighted by Crippen LogP contribution is -2.11. The highest BCUT2D eigenvalue weighted by molar-refractivity contribution is 9.10. The zero-order valence-corrected chi connectivity index (χ0v) is 6.10. The maximum Gasteiger partial charge on any atom is 0.266 e. The van der Waals surface area contributed by atoms with Crippen molar-refractivity contribution in [2.75, 3.05) is 0 Å². The van der Waals surface area contributed by atoms with Crippen molar-refractivity contribution in [1.82, 2.24) is 4.98 Å². The van der Waals surface area contributed by atoms with Crippen LogP contribution < -0.4 is 5.73 Å². The van der Waals surface area contributed by atoms with Crippen LogP contribution in [0, 0.1) is 0 Å². The molecule has 0 aliphatic heterocycles. The number of aromatic nitrogens is 1. The Morgan fingerprint density at radius 2 is 2.44 bits per heavy atom. The molecular formula is C5H5BrN2O. The lowest BCUT2D eigenvalue weighted by atomic mass is 10.4. The summed E-state index contributed by atoms with van der Waals surface area (Å²) in [6.07, 6.45) is 1.64. The van der Waals surface area contributed by atoms with Crippen molar-refractivity contribution in [1.29, 1.82) is 0 Å². The second-order valence-electron chi connectivity index (χ2n) is 1.56. The number of H-pyrrole nitrogens is 1. The Bertz CT molecular complexity index is 231. The minimum atomic E-state index is -0.452. The van der Waals surface area contributed by atoms with Crippen LogP contribution in [-0.4, -0.2) is 10.9 Å². The first-order valence-electron chi connectivity index (χ1n) is 2.34. The molecule has 1 aromatic heterocycles. The van der Waals surface area contributed by atoms with Crippen LogP contribution in [0.5, 0.6) is 0 Å². The highest BCUT2D eigenvalue weighted by Gasteiger charge is 2.04. The summed E-state index contributed by atoms with van der Waals surface area (Å²) in [5.74, 6) is -0.452. The molecule has 3 N–H and O–H groups in total. The number of primary amides is 1. The van der Waals surface area contributed by atoms with Gasteiger partial charge in [0.1, 0.15) is 5.69 Å². The number of nitrogens with one attached hydrogen (secondary N) is 1. The normalized spacial score (nSPS) is 9.44. The molecule has 0 saturated carbocycles. The quantitative estimate of drug-likeness (QED) is 0.676. The molecule has 1 heterocycles. The summed E-state index contributed by atoms with van der Waals surface area (Å²) in [6, 6.07) is 1.72. The third-order valence-corrected chi connectivity index (χ3v) is 1.60. The molecule has 48 valence electrons. The van der Waals surface area contributed by atoms with Gasteiger partial charge in [0, 0.05) is 10.7 Å². The number of hydrogen-bond donors (Lipinski definition) is 2. The van der Waals surface area contributed by atoms with Gasteiger partial charge in [-0.25, -0.2) is 0 Å². The fourth-order valence-corrected chi connectivity index (χ4v) is 0.981. The molecule has 0 spiro atoms. The van der Waals surface area contributed by atoms with Crippen LogP contribution >= 0.6 is 15.9 Å². The molecule has 0 fully saturated rings. The lowest BCUT2D eigenvalue weighted by molar-refractivity contribution is 0.0995. The average molecular weight is 189 g/mol. The highest BCUT2D eigenvalue weighted by atomic mass is 79.9. The second-order valence-corrected chi connectivity index (χ2v) is 2.42. The Morgan fingerprint density at radius 1 is 1.78 bits per heavy atom. The van der Waals surface area contributed by atoms with Gasteiger partial charge in [0.05, 0.1) is 0 Å². The molecule has 9 heavy (non-hydrogen) atoms. The predicted octanol–water partition coefficient (Wildman–Crippen LogP) is 0.876. The molecule has 0 aromatic carbocycles. The first-order chi connectivity index (χ1) is 4.22. The average Bonchev–Trinajstić information content (AvgIpc) is 2.13. The molecule has 0 unspecified atom stereocenters. The fourth-order valence-electron chi connectivity index (χ4n) is 0.539. The molecule has 0 radical (unpaired) electrons. The Labute approximate surface area is 60.4 Å². The predicted molar refractivity (Wildman–Crippen MR) is 37.0 cm³/mol. The summed E-state index contributed by atoms with van der Waals surface area (Å²) in [6.45, 7) is 0. The second kappa shape index (κ2) is 2.23. The largest absolute Gasteiger partial charge is 0.364 e. The zero-order valence-electron chi connectivity index (χ0n) is 4.52. The van der Waals surface area contributed by atoms with Crippen molar-refractivity contribution in [3.8, 4) is 0 Å². The SMILES string of the molecule is NC(=O)c1[nH]ccc1Br. The summed E-state index contributed by atoms with van der Waals surface area (Å²) in [5.41, 5.74) is 5.37. The van der Waals surface area contributed by atoms with Gasteiger partial charge in [0.2, 0.25) is 0 Å². The van der Waals surface area contributed by atoms with Gasteiger partial charge in [-0.05, 0) is 22.0 Å². The zero-order chi connectivity index (χ0) is 6.85. The Morgan fingerprint density at radius 3 is 2.67 bits per heavy atom. The van der Waals surface area contributed by atoms with Crippen molar-refractivity contribution >= 4 is 21.8 Å².